The van der Waals surface area contributed by atoms with Crippen molar-refractivity contribution in [2.75, 3.05) is 0 Å². The van der Waals surface area contributed by atoms with Crippen LogP contribution in [0.1, 0.15) is 10.5 Å². The lowest BCUT2D eigenvalue weighted by Crippen LogP contribution is -1.88. The van der Waals surface area contributed by atoms with Gasteiger partial charge in [0.1, 0.15) is 0 Å². The summed E-state index contributed by atoms with van der Waals surface area (Å²) in [5.41, 5.74) is 0.536. The molecule has 0 saturated carbocycles. The van der Waals surface area contributed by atoms with Gasteiger partial charge in [0.25, 0.3) is 5.69 Å². The summed E-state index contributed by atoms with van der Waals surface area (Å²) in [5.74, 6) is 0. The van der Waals surface area contributed by atoms with Gasteiger partial charge in [0.2, 0.25) is 0 Å². The molecule has 0 aromatic carbocycles. The molecule has 0 amide bonds. The van der Waals surface area contributed by atoms with E-state index in [0.29, 0.717) is 16.7 Å². The minimum Gasteiger partial charge on any atom is -0.353 e. The maximum Gasteiger partial charge on any atom is 0.296 e. The summed E-state index contributed by atoms with van der Waals surface area (Å²) in [6.07, 6.45) is 1.82. The first kappa shape index (κ1) is 9.60. The van der Waals surface area contributed by atoms with Crippen molar-refractivity contribution in [1.82, 2.24) is 4.98 Å². The van der Waals surface area contributed by atoms with Gasteiger partial charge in [0.05, 0.1) is 22.4 Å². The Morgan fingerprint density at radius 1 is 1.53 bits per heavy atom. The molecule has 6 heteroatoms. The van der Waals surface area contributed by atoms with Crippen LogP contribution in [0.5, 0.6) is 0 Å². The van der Waals surface area contributed by atoms with Crippen LogP contribution in [0, 0.1) is 10.1 Å². The predicted molar refractivity (Wildman–Crippen MR) is 56.1 cm³/mol. The highest BCUT2D eigenvalue weighted by molar-refractivity contribution is 7.13. The molecule has 2 aromatic heterocycles. The van der Waals surface area contributed by atoms with E-state index in [9.17, 15) is 14.9 Å². The second-order valence-electron chi connectivity index (χ2n) is 2.81. The number of aldehydes is 1. The van der Waals surface area contributed by atoms with E-state index < -0.39 is 4.92 Å². The fourth-order valence-corrected chi connectivity index (χ4v) is 2.14. The molecule has 0 radical (unpaired) electrons. The van der Waals surface area contributed by atoms with Crippen molar-refractivity contribution in [3.8, 4) is 10.4 Å². The monoisotopic (exact) mass is 222 g/mol. The van der Waals surface area contributed by atoms with Gasteiger partial charge in [-0.2, -0.15) is 0 Å². The number of hydrogen-bond acceptors (Lipinski definition) is 4. The fourth-order valence-electron chi connectivity index (χ4n) is 1.35. The van der Waals surface area contributed by atoms with Gasteiger partial charge in [-0.05, 0) is 11.4 Å². The zero-order valence-corrected chi connectivity index (χ0v) is 8.28. The molecular weight excluding hydrogens is 216 g/mol. The molecule has 2 heterocycles. The number of aromatic nitrogens is 1. The molecule has 0 unspecified atom stereocenters. The van der Waals surface area contributed by atoms with Crippen LogP contribution in [0.25, 0.3) is 10.4 Å². The van der Waals surface area contributed by atoms with Crippen LogP contribution in [0.4, 0.5) is 5.69 Å². The number of hydrogen-bond donors (Lipinski definition) is 1. The van der Waals surface area contributed by atoms with Crippen LogP contribution in [-0.2, 0) is 0 Å². The van der Waals surface area contributed by atoms with Gasteiger partial charge < -0.3 is 4.98 Å². The molecule has 0 spiro atoms. The van der Waals surface area contributed by atoms with Gasteiger partial charge in [-0.25, -0.2) is 0 Å². The summed E-state index contributed by atoms with van der Waals surface area (Å²) in [6, 6.07) is 3.53. The van der Waals surface area contributed by atoms with Gasteiger partial charge in [-0.3, -0.25) is 14.9 Å². The molecule has 0 fully saturated rings. The van der Waals surface area contributed by atoms with Crippen molar-refractivity contribution < 1.29 is 9.72 Å². The van der Waals surface area contributed by atoms with E-state index in [2.05, 4.69) is 4.98 Å². The Morgan fingerprint density at radius 3 is 2.87 bits per heavy atom. The van der Waals surface area contributed by atoms with Crippen molar-refractivity contribution in [1.29, 1.82) is 0 Å². The summed E-state index contributed by atoms with van der Waals surface area (Å²) in [6.45, 7) is 0. The summed E-state index contributed by atoms with van der Waals surface area (Å²) in [7, 11) is 0. The number of nitro groups is 1. The van der Waals surface area contributed by atoms with Gasteiger partial charge in [0.15, 0.2) is 6.29 Å². The van der Waals surface area contributed by atoms with E-state index in [0.717, 1.165) is 0 Å². The second kappa shape index (κ2) is 3.66. The first-order chi connectivity index (χ1) is 7.24. The molecule has 0 aliphatic heterocycles. The Kier molecular flexibility index (Phi) is 2.34. The van der Waals surface area contributed by atoms with Gasteiger partial charge in [0, 0.05) is 4.88 Å². The van der Waals surface area contributed by atoms with Gasteiger partial charge >= 0.3 is 0 Å². The van der Waals surface area contributed by atoms with Gasteiger partial charge in [-0.1, -0.05) is 6.07 Å². The summed E-state index contributed by atoms with van der Waals surface area (Å²) in [5, 5.41) is 12.5. The summed E-state index contributed by atoms with van der Waals surface area (Å²) in [4.78, 5) is 24.2. The van der Waals surface area contributed by atoms with Crippen LogP contribution in [-0.4, -0.2) is 16.2 Å². The van der Waals surface area contributed by atoms with Crippen molar-refractivity contribution in [2.24, 2.45) is 0 Å². The van der Waals surface area contributed by atoms with Crippen LogP contribution in [0.3, 0.4) is 0 Å². The third-order valence-electron chi connectivity index (χ3n) is 1.97. The number of nitrogens with one attached hydrogen (secondary N) is 1. The normalized spacial score (nSPS) is 10.1. The fraction of sp³-hybridized carbons (Fsp3) is 0. The molecule has 15 heavy (non-hydrogen) atoms. The number of aromatic amines is 1. The van der Waals surface area contributed by atoms with Crippen LogP contribution in [0.15, 0.2) is 23.7 Å². The van der Waals surface area contributed by atoms with Crippen LogP contribution >= 0.6 is 11.3 Å². The number of thiophene rings is 1. The van der Waals surface area contributed by atoms with E-state index in [1.165, 1.54) is 17.5 Å². The third-order valence-corrected chi connectivity index (χ3v) is 2.86. The SMILES string of the molecule is O=Cc1[nH]cc([N+](=O)[O-])c1-c1cccs1. The Bertz CT molecular complexity index is 501. The minimum atomic E-state index is -0.501. The summed E-state index contributed by atoms with van der Waals surface area (Å²) < 4.78 is 0. The molecule has 0 atom stereocenters. The topological polar surface area (TPSA) is 76.0 Å². The lowest BCUT2D eigenvalue weighted by molar-refractivity contribution is -0.384. The van der Waals surface area contributed by atoms with E-state index >= 15 is 0 Å². The zero-order valence-electron chi connectivity index (χ0n) is 7.47. The first-order valence-corrected chi connectivity index (χ1v) is 4.97. The largest absolute Gasteiger partial charge is 0.353 e. The summed E-state index contributed by atoms with van der Waals surface area (Å²) >= 11 is 1.36. The minimum absolute atomic E-state index is 0.0699. The van der Waals surface area contributed by atoms with E-state index in [4.69, 9.17) is 0 Å². The molecule has 2 rings (SSSR count). The molecule has 76 valence electrons. The molecule has 2 aromatic rings. The maximum absolute atomic E-state index is 10.7. The smallest absolute Gasteiger partial charge is 0.296 e. The highest BCUT2D eigenvalue weighted by Crippen LogP contribution is 2.35. The highest BCUT2D eigenvalue weighted by Gasteiger charge is 2.21. The third kappa shape index (κ3) is 1.55. The Labute approximate surface area is 88.5 Å². The first-order valence-electron chi connectivity index (χ1n) is 4.09. The average molecular weight is 222 g/mol. The molecule has 5 nitrogen and oxygen atoms in total. The maximum atomic E-state index is 10.7. The molecule has 0 aliphatic rings. The van der Waals surface area contributed by atoms with Crippen molar-refractivity contribution in [3.63, 3.8) is 0 Å². The predicted octanol–water partition coefficient (Wildman–Crippen LogP) is 2.46. The Morgan fingerprint density at radius 2 is 2.33 bits per heavy atom. The number of H-pyrrole nitrogens is 1. The number of carbonyl (C=O) groups is 1. The molecular formula is C9H6N2O3S. The quantitative estimate of drug-likeness (QED) is 0.492. The molecule has 0 aliphatic carbocycles. The van der Waals surface area contributed by atoms with E-state index in [1.54, 1.807) is 17.5 Å². The molecule has 0 saturated heterocycles. The number of rotatable bonds is 3. The average Bonchev–Trinajstić information content (AvgIpc) is 2.85. The Hall–Kier alpha value is -1.95. The van der Waals surface area contributed by atoms with E-state index in [1.807, 2.05) is 0 Å². The van der Waals surface area contributed by atoms with Crippen molar-refractivity contribution >= 4 is 23.3 Å². The highest BCUT2D eigenvalue weighted by atomic mass is 32.1. The van der Waals surface area contributed by atoms with Crippen LogP contribution < -0.4 is 0 Å². The van der Waals surface area contributed by atoms with Gasteiger partial charge in [-0.15, -0.1) is 11.3 Å². The standard InChI is InChI=1S/C9H6N2O3S/c12-5-6-9(8-2-1-3-15-8)7(4-10-6)11(13)14/h1-5,10H. The zero-order chi connectivity index (χ0) is 10.8. The Balaban J connectivity index is 2.66. The van der Waals surface area contributed by atoms with Crippen molar-refractivity contribution in [3.05, 3.63) is 39.5 Å². The second-order valence-corrected chi connectivity index (χ2v) is 3.76. The van der Waals surface area contributed by atoms with Crippen molar-refractivity contribution in [2.45, 2.75) is 0 Å². The number of carbonyl (C=O) groups excluding carboxylic acids is 1. The molecule has 0 bridgehead atoms. The lowest BCUT2D eigenvalue weighted by Gasteiger charge is -1.94. The molecule has 1 N–H and O–H groups in total. The number of nitrogens with zero attached hydrogens (tertiary/aromatic N) is 1. The van der Waals surface area contributed by atoms with E-state index in [-0.39, 0.29) is 11.4 Å². The van der Waals surface area contributed by atoms with Crippen LogP contribution in [0.2, 0.25) is 0 Å². The lowest BCUT2D eigenvalue weighted by atomic mass is 10.2.